The third kappa shape index (κ3) is 3.75. The highest BCUT2D eigenvalue weighted by Crippen LogP contribution is 2.43. The van der Waals surface area contributed by atoms with E-state index in [9.17, 15) is 4.79 Å². The van der Waals surface area contributed by atoms with E-state index in [2.05, 4.69) is 47.8 Å². The van der Waals surface area contributed by atoms with Crippen LogP contribution in [0.1, 0.15) is 52.7 Å². The molecule has 0 saturated heterocycles. The fraction of sp³-hybridized carbons (Fsp3) is 0.192. The molecule has 0 radical (unpaired) electrons. The molecule has 1 fully saturated rings. The van der Waals surface area contributed by atoms with Crippen LogP contribution in [0.15, 0.2) is 76.5 Å². The maximum atomic E-state index is 12.8. The number of hydrogen-bond acceptors (Lipinski definition) is 3. The van der Waals surface area contributed by atoms with E-state index in [0.29, 0.717) is 6.04 Å². The Hall–Kier alpha value is -2.98. The molecule has 1 heterocycles. The Bertz CT molecular complexity index is 1150. The summed E-state index contributed by atoms with van der Waals surface area (Å²) >= 11 is 1.74. The van der Waals surface area contributed by atoms with Crippen LogP contribution in [0.25, 0.3) is 11.6 Å². The summed E-state index contributed by atoms with van der Waals surface area (Å²) in [6.07, 6.45) is 6.77. The van der Waals surface area contributed by atoms with E-state index in [1.807, 2.05) is 30.3 Å². The molecule has 0 atom stereocenters. The summed E-state index contributed by atoms with van der Waals surface area (Å²) in [6.45, 7) is 0. The van der Waals surface area contributed by atoms with Gasteiger partial charge in [-0.2, -0.15) is 0 Å². The maximum absolute atomic E-state index is 12.8. The van der Waals surface area contributed by atoms with Crippen LogP contribution in [0.4, 0.5) is 5.69 Å². The van der Waals surface area contributed by atoms with Crippen molar-refractivity contribution in [1.82, 2.24) is 5.32 Å². The zero-order chi connectivity index (χ0) is 20.5. The van der Waals surface area contributed by atoms with E-state index < -0.39 is 0 Å². The zero-order valence-corrected chi connectivity index (χ0v) is 17.5. The van der Waals surface area contributed by atoms with Gasteiger partial charge in [0.2, 0.25) is 0 Å². The molecule has 2 aliphatic rings. The van der Waals surface area contributed by atoms with Gasteiger partial charge < -0.3 is 11.1 Å². The van der Waals surface area contributed by atoms with Gasteiger partial charge in [-0.25, -0.2) is 0 Å². The summed E-state index contributed by atoms with van der Waals surface area (Å²) in [5.41, 5.74) is 12.0. The monoisotopic (exact) mass is 412 g/mol. The van der Waals surface area contributed by atoms with Gasteiger partial charge in [0.05, 0.1) is 0 Å². The highest BCUT2D eigenvalue weighted by molar-refractivity contribution is 7.99. The summed E-state index contributed by atoms with van der Waals surface area (Å²) in [6, 6.07) is 22.8. The van der Waals surface area contributed by atoms with Gasteiger partial charge >= 0.3 is 0 Å². The van der Waals surface area contributed by atoms with Crippen LogP contribution in [-0.4, -0.2) is 11.9 Å². The van der Waals surface area contributed by atoms with Crippen molar-refractivity contribution >= 4 is 35.0 Å². The van der Waals surface area contributed by atoms with Gasteiger partial charge in [-0.1, -0.05) is 54.9 Å². The van der Waals surface area contributed by atoms with Crippen LogP contribution >= 0.6 is 11.8 Å². The lowest BCUT2D eigenvalue weighted by Gasteiger charge is -2.13. The first kappa shape index (κ1) is 19.0. The van der Waals surface area contributed by atoms with Gasteiger partial charge in [0, 0.05) is 27.1 Å². The smallest absolute Gasteiger partial charge is 0.251 e. The van der Waals surface area contributed by atoms with E-state index in [1.165, 1.54) is 23.3 Å². The third-order valence-corrected chi connectivity index (χ3v) is 7.02. The molecule has 4 heteroatoms. The predicted molar refractivity (Wildman–Crippen MR) is 125 cm³/mol. The largest absolute Gasteiger partial charge is 0.399 e. The summed E-state index contributed by atoms with van der Waals surface area (Å²) in [4.78, 5) is 15.2. The molecule has 5 rings (SSSR count). The molecule has 0 bridgehead atoms. The van der Waals surface area contributed by atoms with Crippen molar-refractivity contribution in [2.45, 2.75) is 41.5 Å². The van der Waals surface area contributed by atoms with E-state index in [1.54, 1.807) is 11.8 Å². The molecule has 3 aromatic rings. The number of hydrogen-bond donors (Lipinski definition) is 2. The molecule has 1 amide bonds. The SMILES string of the molecule is Nc1cccc(C2=Cc3cc(C(=O)NC4CCCC4)ccc3Sc3ccccc32)c1. The molecule has 0 unspecified atom stereocenters. The Labute approximate surface area is 181 Å². The zero-order valence-electron chi connectivity index (χ0n) is 16.7. The first-order valence-electron chi connectivity index (χ1n) is 10.5. The minimum atomic E-state index is 0.0235. The van der Waals surface area contributed by atoms with Crippen LogP contribution in [0.3, 0.4) is 0 Å². The fourth-order valence-corrected chi connectivity index (χ4v) is 5.35. The average molecular weight is 413 g/mol. The topological polar surface area (TPSA) is 55.1 Å². The number of carbonyl (C=O) groups is 1. The Morgan fingerprint density at radius 3 is 2.60 bits per heavy atom. The fourth-order valence-electron chi connectivity index (χ4n) is 4.31. The molecule has 3 aromatic carbocycles. The summed E-state index contributed by atoms with van der Waals surface area (Å²) < 4.78 is 0. The molecule has 3 N–H and O–H groups in total. The molecular formula is C26H24N2OS. The quantitative estimate of drug-likeness (QED) is 0.406. The minimum Gasteiger partial charge on any atom is -0.399 e. The number of benzene rings is 3. The van der Waals surface area contributed by atoms with E-state index in [0.717, 1.165) is 45.7 Å². The number of nitrogens with two attached hydrogens (primary N) is 1. The predicted octanol–water partition coefficient (Wildman–Crippen LogP) is 5.99. The number of nitrogens with one attached hydrogen (secondary N) is 1. The van der Waals surface area contributed by atoms with Crippen molar-refractivity contribution < 1.29 is 4.79 Å². The summed E-state index contributed by atoms with van der Waals surface area (Å²) in [5.74, 6) is 0.0235. The second-order valence-corrected chi connectivity index (χ2v) is 9.07. The van der Waals surface area contributed by atoms with Crippen LogP contribution < -0.4 is 11.1 Å². The second kappa shape index (κ2) is 8.04. The van der Waals surface area contributed by atoms with Crippen molar-refractivity contribution in [3.63, 3.8) is 0 Å². The number of anilines is 1. The number of rotatable bonds is 3. The number of nitrogen functional groups attached to an aromatic ring is 1. The van der Waals surface area contributed by atoms with Crippen molar-refractivity contribution in [2.24, 2.45) is 0 Å². The van der Waals surface area contributed by atoms with E-state index >= 15 is 0 Å². The molecule has 3 nitrogen and oxygen atoms in total. The highest BCUT2D eigenvalue weighted by Gasteiger charge is 2.21. The molecule has 30 heavy (non-hydrogen) atoms. The lowest BCUT2D eigenvalue weighted by atomic mass is 9.95. The van der Waals surface area contributed by atoms with Gasteiger partial charge in [0.25, 0.3) is 5.91 Å². The van der Waals surface area contributed by atoms with E-state index in [-0.39, 0.29) is 5.91 Å². The van der Waals surface area contributed by atoms with Crippen molar-refractivity contribution in [3.05, 3.63) is 89.0 Å². The van der Waals surface area contributed by atoms with Crippen molar-refractivity contribution in [2.75, 3.05) is 5.73 Å². The first-order valence-corrected chi connectivity index (χ1v) is 11.3. The molecule has 1 saturated carbocycles. The molecule has 1 aliphatic carbocycles. The lowest BCUT2D eigenvalue weighted by molar-refractivity contribution is 0.0938. The summed E-state index contributed by atoms with van der Waals surface area (Å²) in [5, 5.41) is 3.20. The minimum absolute atomic E-state index is 0.0235. The maximum Gasteiger partial charge on any atom is 0.251 e. The Balaban J connectivity index is 1.58. The van der Waals surface area contributed by atoms with Crippen LogP contribution in [0.2, 0.25) is 0 Å². The molecule has 150 valence electrons. The van der Waals surface area contributed by atoms with Gasteiger partial charge in [0.15, 0.2) is 0 Å². The molecular weight excluding hydrogens is 388 g/mol. The van der Waals surface area contributed by atoms with Crippen molar-refractivity contribution in [3.8, 4) is 0 Å². The first-order chi connectivity index (χ1) is 14.7. The standard InChI is InChI=1S/C26H24N2OS/c27-20-7-5-6-17(15-20)23-16-19-14-18(26(29)28-21-8-1-2-9-21)12-13-24(19)30-25-11-4-3-10-22(23)25/h3-7,10-16,21H,1-2,8-9,27H2,(H,28,29). The second-order valence-electron chi connectivity index (χ2n) is 7.99. The Morgan fingerprint density at radius 1 is 0.933 bits per heavy atom. The molecule has 0 spiro atoms. The normalized spacial score (nSPS) is 15.7. The number of amides is 1. The molecule has 0 aromatic heterocycles. The Kier molecular flexibility index (Phi) is 5.09. The number of carbonyl (C=O) groups excluding carboxylic acids is 1. The highest BCUT2D eigenvalue weighted by atomic mass is 32.2. The van der Waals surface area contributed by atoms with Crippen molar-refractivity contribution in [1.29, 1.82) is 0 Å². The van der Waals surface area contributed by atoms with Gasteiger partial charge in [0.1, 0.15) is 0 Å². The van der Waals surface area contributed by atoms with E-state index in [4.69, 9.17) is 5.73 Å². The Morgan fingerprint density at radius 2 is 1.77 bits per heavy atom. The van der Waals surface area contributed by atoms with Crippen LogP contribution in [0, 0.1) is 0 Å². The van der Waals surface area contributed by atoms with Crippen LogP contribution in [-0.2, 0) is 0 Å². The molecule has 1 aliphatic heterocycles. The average Bonchev–Trinajstić information content (AvgIpc) is 3.20. The lowest BCUT2D eigenvalue weighted by Crippen LogP contribution is -2.32. The third-order valence-electron chi connectivity index (χ3n) is 5.86. The van der Waals surface area contributed by atoms with Gasteiger partial charge in [-0.15, -0.1) is 0 Å². The van der Waals surface area contributed by atoms with Gasteiger partial charge in [-0.05, 0) is 77.6 Å². The number of fused-ring (bicyclic) bond motifs is 2. The van der Waals surface area contributed by atoms with Gasteiger partial charge in [-0.3, -0.25) is 4.79 Å². The summed E-state index contributed by atoms with van der Waals surface area (Å²) in [7, 11) is 0. The van der Waals surface area contributed by atoms with Crippen LogP contribution in [0.5, 0.6) is 0 Å².